The number of nitrogens with one attached hydrogen (secondary N) is 1. The predicted octanol–water partition coefficient (Wildman–Crippen LogP) is 1.65. The van der Waals surface area contributed by atoms with Gasteiger partial charge < -0.3 is 10.4 Å². The highest BCUT2D eigenvalue weighted by atomic mass is 35.5. The van der Waals surface area contributed by atoms with Gasteiger partial charge in [-0.15, -0.1) is 6.58 Å². The molecular formula is C12H18ClN3O2. The molecule has 0 spiro atoms. The van der Waals surface area contributed by atoms with Crippen molar-refractivity contribution in [2.75, 3.05) is 5.32 Å². The molecule has 0 amide bonds. The Bertz CT molecular complexity index is 471. The Morgan fingerprint density at radius 1 is 1.67 bits per heavy atom. The van der Waals surface area contributed by atoms with E-state index in [-0.39, 0.29) is 16.6 Å². The first-order valence-corrected chi connectivity index (χ1v) is 6.14. The van der Waals surface area contributed by atoms with Crippen molar-refractivity contribution in [3.63, 3.8) is 0 Å². The van der Waals surface area contributed by atoms with Crippen molar-refractivity contribution in [1.82, 2.24) is 9.78 Å². The standard InChI is InChI=1S/C12H18ClN3O2/c1-4-5-16-12(18)11(13)10(7-14-16)15-8(2)6-9(3)17/h4,7-9,15,17H,1,5-6H2,2-3H3. The maximum atomic E-state index is 11.8. The SMILES string of the molecule is C=CCn1ncc(NC(C)CC(C)O)c(Cl)c1=O. The molecule has 0 saturated carbocycles. The summed E-state index contributed by atoms with van der Waals surface area (Å²) in [6.45, 7) is 7.48. The number of aliphatic hydroxyl groups is 1. The summed E-state index contributed by atoms with van der Waals surface area (Å²) in [5, 5.41) is 16.4. The summed E-state index contributed by atoms with van der Waals surface area (Å²) in [5.74, 6) is 0. The molecule has 0 aromatic carbocycles. The van der Waals surface area contributed by atoms with Gasteiger partial charge in [-0.25, -0.2) is 4.68 Å². The summed E-state index contributed by atoms with van der Waals surface area (Å²) in [6.07, 6.45) is 3.23. The van der Waals surface area contributed by atoms with Gasteiger partial charge in [-0.05, 0) is 20.3 Å². The summed E-state index contributed by atoms with van der Waals surface area (Å²) in [6, 6.07) is -0.000968. The normalized spacial score (nSPS) is 14.0. The third-order valence-electron chi connectivity index (χ3n) is 2.38. The molecule has 1 aromatic rings. The molecule has 0 bridgehead atoms. The Morgan fingerprint density at radius 3 is 2.89 bits per heavy atom. The highest BCUT2D eigenvalue weighted by Gasteiger charge is 2.12. The van der Waals surface area contributed by atoms with Crippen LogP contribution in [0.2, 0.25) is 5.02 Å². The largest absolute Gasteiger partial charge is 0.393 e. The summed E-state index contributed by atoms with van der Waals surface area (Å²) >= 11 is 5.98. The van der Waals surface area contributed by atoms with Crippen LogP contribution in [0, 0.1) is 0 Å². The number of allylic oxidation sites excluding steroid dienone is 1. The van der Waals surface area contributed by atoms with Gasteiger partial charge in [0, 0.05) is 6.04 Å². The van der Waals surface area contributed by atoms with Crippen LogP contribution >= 0.6 is 11.6 Å². The minimum absolute atomic E-state index is 0.000968. The first kappa shape index (κ1) is 14.7. The van der Waals surface area contributed by atoms with Crippen molar-refractivity contribution in [3.8, 4) is 0 Å². The van der Waals surface area contributed by atoms with E-state index in [1.165, 1.54) is 10.9 Å². The smallest absolute Gasteiger partial charge is 0.287 e. The third-order valence-corrected chi connectivity index (χ3v) is 2.75. The number of hydrogen-bond donors (Lipinski definition) is 2. The van der Waals surface area contributed by atoms with Gasteiger partial charge >= 0.3 is 0 Å². The maximum Gasteiger partial charge on any atom is 0.287 e. The number of hydrogen-bond acceptors (Lipinski definition) is 4. The van der Waals surface area contributed by atoms with E-state index in [0.717, 1.165) is 0 Å². The lowest BCUT2D eigenvalue weighted by Gasteiger charge is -2.17. The summed E-state index contributed by atoms with van der Waals surface area (Å²) in [7, 11) is 0. The average molecular weight is 272 g/mol. The molecule has 1 rings (SSSR count). The van der Waals surface area contributed by atoms with Crippen molar-refractivity contribution >= 4 is 17.3 Å². The minimum Gasteiger partial charge on any atom is -0.393 e. The number of rotatable bonds is 6. The second-order valence-corrected chi connectivity index (χ2v) is 4.66. The zero-order valence-electron chi connectivity index (χ0n) is 10.6. The van der Waals surface area contributed by atoms with Gasteiger partial charge in [0.2, 0.25) is 0 Å². The van der Waals surface area contributed by atoms with Crippen LogP contribution in [0.5, 0.6) is 0 Å². The summed E-state index contributed by atoms with van der Waals surface area (Å²) in [5.41, 5.74) is 0.126. The molecular weight excluding hydrogens is 254 g/mol. The van der Waals surface area contributed by atoms with Gasteiger partial charge in [0.15, 0.2) is 0 Å². The van der Waals surface area contributed by atoms with Crippen molar-refractivity contribution in [2.45, 2.75) is 39.0 Å². The van der Waals surface area contributed by atoms with Gasteiger partial charge in [-0.3, -0.25) is 4.79 Å². The van der Waals surface area contributed by atoms with E-state index < -0.39 is 6.10 Å². The van der Waals surface area contributed by atoms with Crippen LogP contribution < -0.4 is 10.9 Å². The Kier molecular flexibility index (Phi) is 5.37. The summed E-state index contributed by atoms with van der Waals surface area (Å²) < 4.78 is 1.24. The molecule has 0 fully saturated rings. The first-order valence-electron chi connectivity index (χ1n) is 5.76. The Hall–Kier alpha value is -1.33. The molecule has 6 heteroatoms. The van der Waals surface area contributed by atoms with Crippen LogP contribution in [0.3, 0.4) is 0 Å². The van der Waals surface area contributed by atoms with Crippen molar-refractivity contribution in [1.29, 1.82) is 0 Å². The van der Waals surface area contributed by atoms with Gasteiger partial charge in [-0.1, -0.05) is 17.7 Å². The minimum atomic E-state index is -0.416. The fraction of sp³-hybridized carbons (Fsp3) is 0.500. The molecule has 0 saturated heterocycles. The molecule has 2 atom stereocenters. The van der Waals surface area contributed by atoms with Crippen LogP contribution in [0.4, 0.5) is 5.69 Å². The topological polar surface area (TPSA) is 67.2 Å². The van der Waals surface area contributed by atoms with E-state index in [4.69, 9.17) is 11.6 Å². The van der Waals surface area contributed by atoms with Gasteiger partial charge in [0.1, 0.15) is 5.02 Å². The lowest BCUT2D eigenvalue weighted by molar-refractivity contribution is 0.179. The van der Waals surface area contributed by atoms with Crippen LogP contribution in [0.1, 0.15) is 20.3 Å². The second kappa shape index (κ2) is 6.56. The predicted molar refractivity (Wildman–Crippen MR) is 73.1 cm³/mol. The van der Waals surface area contributed by atoms with Gasteiger partial charge in [-0.2, -0.15) is 5.10 Å². The first-order chi connectivity index (χ1) is 8.45. The highest BCUT2D eigenvalue weighted by Crippen LogP contribution is 2.17. The Labute approximate surface area is 111 Å². The van der Waals surface area contributed by atoms with Crippen LogP contribution in [-0.2, 0) is 6.54 Å². The fourth-order valence-electron chi connectivity index (χ4n) is 1.65. The number of halogens is 1. The molecule has 0 aliphatic heterocycles. The molecule has 18 heavy (non-hydrogen) atoms. The van der Waals surface area contributed by atoms with E-state index in [1.54, 1.807) is 13.0 Å². The Balaban J connectivity index is 2.88. The van der Waals surface area contributed by atoms with Crippen molar-refractivity contribution < 1.29 is 5.11 Å². The number of nitrogens with zero attached hydrogens (tertiary/aromatic N) is 2. The van der Waals surface area contributed by atoms with Crippen molar-refractivity contribution in [2.24, 2.45) is 0 Å². The molecule has 0 aliphatic rings. The third kappa shape index (κ3) is 3.85. The molecule has 0 radical (unpaired) electrons. The zero-order chi connectivity index (χ0) is 13.7. The molecule has 2 N–H and O–H groups in total. The molecule has 2 unspecified atom stereocenters. The molecule has 1 heterocycles. The van der Waals surface area contributed by atoms with Crippen LogP contribution in [0.15, 0.2) is 23.6 Å². The lowest BCUT2D eigenvalue weighted by atomic mass is 10.1. The van der Waals surface area contributed by atoms with E-state index >= 15 is 0 Å². The average Bonchev–Trinajstić information content (AvgIpc) is 2.28. The van der Waals surface area contributed by atoms with Gasteiger partial charge in [0.25, 0.3) is 5.56 Å². The quantitative estimate of drug-likeness (QED) is 0.772. The second-order valence-electron chi connectivity index (χ2n) is 4.28. The van der Waals surface area contributed by atoms with E-state index in [9.17, 15) is 9.90 Å². The van der Waals surface area contributed by atoms with E-state index in [2.05, 4.69) is 17.0 Å². The molecule has 0 aliphatic carbocycles. The lowest BCUT2D eigenvalue weighted by Crippen LogP contribution is -2.26. The highest BCUT2D eigenvalue weighted by molar-refractivity contribution is 6.32. The molecule has 100 valence electrons. The number of aliphatic hydroxyl groups excluding tert-OH is 1. The molecule has 1 aromatic heterocycles. The fourth-order valence-corrected chi connectivity index (χ4v) is 1.85. The number of anilines is 1. The van der Waals surface area contributed by atoms with Crippen LogP contribution in [0.25, 0.3) is 0 Å². The maximum absolute atomic E-state index is 11.8. The zero-order valence-corrected chi connectivity index (χ0v) is 11.3. The number of aromatic nitrogens is 2. The summed E-state index contributed by atoms with van der Waals surface area (Å²) in [4.78, 5) is 11.8. The van der Waals surface area contributed by atoms with E-state index in [0.29, 0.717) is 18.7 Å². The Morgan fingerprint density at radius 2 is 2.33 bits per heavy atom. The van der Waals surface area contributed by atoms with Gasteiger partial charge in [0.05, 0.1) is 24.5 Å². The van der Waals surface area contributed by atoms with Crippen LogP contribution in [-0.4, -0.2) is 27.0 Å². The molecule has 5 nitrogen and oxygen atoms in total. The van der Waals surface area contributed by atoms with Crippen molar-refractivity contribution in [3.05, 3.63) is 34.2 Å². The van der Waals surface area contributed by atoms with E-state index in [1.807, 2.05) is 6.92 Å². The monoisotopic (exact) mass is 271 g/mol.